The summed E-state index contributed by atoms with van der Waals surface area (Å²) < 4.78 is 7.13. The van der Waals surface area contributed by atoms with Crippen molar-refractivity contribution in [2.75, 3.05) is 7.11 Å². The summed E-state index contributed by atoms with van der Waals surface area (Å²) in [4.78, 5) is 16.8. The van der Waals surface area contributed by atoms with Gasteiger partial charge in [0.15, 0.2) is 11.5 Å². The number of nitrogens with zero attached hydrogens (tertiary/aromatic N) is 2. The van der Waals surface area contributed by atoms with Crippen LogP contribution in [0.15, 0.2) is 42.6 Å². The minimum absolute atomic E-state index is 0.0296. The number of carbonyl (C=O) groups is 1. The number of carbonyl (C=O) groups excluding carboxylic acids is 1. The van der Waals surface area contributed by atoms with E-state index in [4.69, 9.17) is 4.74 Å². The summed E-state index contributed by atoms with van der Waals surface area (Å²) in [5.74, 6) is 0.264. The molecule has 1 atom stereocenters. The largest absolute Gasteiger partial charge is 0.504 e. The Bertz CT molecular complexity index is 932. The van der Waals surface area contributed by atoms with E-state index in [0.717, 1.165) is 22.6 Å². The smallest absolute Gasteiger partial charge is 0.221 e. The van der Waals surface area contributed by atoms with Crippen LogP contribution in [0.2, 0.25) is 0 Å². The summed E-state index contributed by atoms with van der Waals surface area (Å²) in [5.41, 5.74) is 3.54. The van der Waals surface area contributed by atoms with Crippen LogP contribution in [-0.2, 0) is 11.3 Å². The average molecular weight is 323 g/mol. The van der Waals surface area contributed by atoms with Gasteiger partial charge in [0.2, 0.25) is 5.91 Å². The van der Waals surface area contributed by atoms with E-state index in [1.165, 1.54) is 7.11 Å². The van der Waals surface area contributed by atoms with Gasteiger partial charge in [0.1, 0.15) is 5.65 Å². The van der Waals surface area contributed by atoms with Crippen LogP contribution < -0.4 is 10.1 Å². The number of methoxy groups -OCH3 is 1. The summed E-state index contributed by atoms with van der Waals surface area (Å²) in [6.45, 7) is 0.411. The molecule has 0 saturated heterocycles. The number of fused-ring (bicyclic) bond motifs is 3. The fraction of sp³-hybridized carbons (Fsp3) is 0.222. The molecule has 0 bridgehead atoms. The van der Waals surface area contributed by atoms with E-state index in [0.29, 0.717) is 18.7 Å². The number of aromatic hydroxyl groups is 1. The van der Waals surface area contributed by atoms with Crippen molar-refractivity contribution < 1.29 is 14.6 Å². The van der Waals surface area contributed by atoms with Gasteiger partial charge >= 0.3 is 0 Å². The molecule has 24 heavy (non-hydrogen) atoms. The van der Waals surface area contributed by atoms with Crippen molar-refractivity contribution in [3.63, 3.8) is 0 Å². The minimum atomic E-state index is -0.184. The number of amides is 1. The molecule has 0 fully saturated rings. The van der Waals surface area contributed by atoms with Crippen molar-refractivity contribution in [1.29, 1.82) is 0 Å². The molecule has 1 aromatic carbocycles. The van der Waals surface area contributed by atoms with Gasteiger partial charge in [0.25, 0.3) is 0 Å². The SMILES string of the molecule is COc1ccc(C2CC(=O)NCc3nc4ccccn4c32)cc1O. The Morgan fingerprint density at radius 1 is 1.33 bits per heavy atom. The molecular formula is C18H17N3O3. The number of aromatic nitrogens is 2. The zero-order valence-electron chi connectivity index (χ0n) is 13.2. The maximum atomic E-state index is 12.1. The maximum absolute atomic E-state index is 12.1. The summed E-state index contributed by atoms with van der Waals surface area (Å²) in [6, 6.07) is 11.1. The first-order chi connectivity index (χ1) is 11.7. The Morgan fingerprint density at radius 2 is 2.21 bits per heavy atom. The van der Waals surface area contributed by atoms with Crippen molar-refractivity contribution in [2.45, 2.75) is 18.9 Å². The van der Waals surface area contributed by atoms with E-state index >= 15 is 0 Å². The molecule has 3 aromatic rings. The van der Waals surface area contributed by atoms with Gasteiger partial charge in [-0.15, -0.1) is 0 Å². The molecule has 122 valence electrons. The molecular weight excluding hydrogens is 306 g/mol. The highest BCUT2D eigenvalue weighted by atomic mass is 16.5. The lowest BCUT2D eigenvalue weighted by Crippen LogP contribution is -2.21. The molecule has 1 amide bonds. The number of benzene rings is 1. The van der Waals surface area contributed by atoms with E-state index in [9.17, 15) is 9.90 Å². The number of hydrogen-bond donors (Lipinski definition) is 2. The van der Waals surface area contributed by atoms with Gasteiger partial charge in [0, 0.05) is 18.5 Å². The summed E-state index contributed by atoms with van der Waals surface area (Å²) in [6.07, 6.45) is 2.26. The van der Waals surface area contributed by atoms with Gasteiger partial charge in [-0.25, -0.2) is 4.98 Å². The molecule has 2 aromatic heterocycles. The van der Waals surface area contributed by atoms with Crippen LogP contribution >= 0.6 is 0 Å². The number of phenolic OH excluding ortho intramolecular Hbond substituents is 1. The highest BCUT2D eigenvalue weighted by Gasteiger charge is 2.29. The highest BCUT2D eigenvalue weighted by Crippen LogP contribution is 2.37. The van der Waals surface area contributed by atoms with Crippen LogP contribution in [0.1, 0.15) is 29.3 Å². The van der Waals surface area contributed by atoms with Gasteiger partial charge < -0.3 is 19.6 Å². The summed E-state index contributed by atoms with van der Waals surface area (Å²) in [7, 11) is 1.51. The third kappa shape index (κ3) is 2.27. The predicted octanol–water partition coefficient (Wildman–Crippen LogP) is 2.20. The second-order valence-electron chi connectivity index (χ2n) is 5.84. The highest BCUT2D eigenvalue weighted by molar-refractivity contribution is 5.78. The van der Waals surface area contributed by atoms with Crippen LogP contribution in [0.4, 0.5) is 0 Å². The number of hydrogen-bond acceptors (Lipinski definition) is 4. The second kappa shape index (κ2) is 5.56. The molecule has 6 nitrogen and oxygen atoms in total. The number of rotatable bonds is 2. The minimum Gasteiger partial charge on any atom is -0.504 e. The van der Waals surface area contributed by atoms with Gasteiger partial charge in [-0.1, -0.05) is 12.1 Å². The first-order valence-corrected chi connectivity index (χ1v) is 7.77. The molecule has 1 unspecified atom stereocenters. The van der Waals surface area contributed by atoms with Crippen LogP contribution in [-0.4, -0.2) is 27.5 Å². The normalized spacial score (nSPS) is 17.2. The lowest BCUT2D eigenvalue weighted by molar-refractivity contribution is -0.121. The fourth-order valence-corrected chi connectivity index (χ4v) is 3.30. The third-order valence-electron chi connectivity index (χ3n) is 4.42. The molecule has 0 radical (unpaired) electrons. The van der Waals surface area contributed by atoms with Gasteiger partial charge in [-0.2, -0.15) is 0 Å². The Balaban J connectivity index is 1.91. The monoisotopic (exact) mass is 323 g/mol. The van der Waals surface area contributed by atoms with Crippen molar-refractivity contribution in [3.8, 4) is 11.5 Å². The van der Waals surface area contributed by atoms with E-state index in [1.807, 2.05) is 34.9 Å². The molecule has 6 heteroatoms. The molecule has 1 aliphatic rings. The maximum Gasteiger partial charge on any atom is 0.221 e. The van der Waals surface area contributed by atoms with Gasteiger partial charge in [-0.05, 0) is 29.8 Å². The topological polar surface area (TPSA) is 75.9 Å². The first kappa shape index (κ1) is 14.6. The van der Waals surface area contributed by atoms with Crippen LogP contribution in [0, 0.1) is 0 Å². The standard InChI is InChI=1S/C18H17N3O3/c1-24-15-6-5-11(8-14(15)22)12-9-17(23)19-10-13-18(12)21-7-3-2-4-16(21)20-13/h2-8,12,22H,9-10H2,1H3,(H,19,23). The van der Waals surface area contributed by atoms with Gasteiger partial charge in [0.05, 0.1) is 25.0 Å². The molecule has 3 heterocycles. The lowest BCUT2D eigenvalue weighted by Gasteiger charge is -2.17. The quantitative estimate of drug-likeness (QED) is 0.758. The number of ether oxygens (including phenoxy) is 1. The van der Waals surface area contributed by atoms with E-state index in [2.05, 4.69) is 10.3 Å². The van der Waals surface area contributed by atoms with E-state index < -0.39 is 0 Å². The summed E-state index contributed by atoms with van der Waals surface area (Å²) >= 11 is 0. The molecule has 0 aliphatic carbocycles. The zero-order chi connectivity index (χ0) is 16.7. The van der Waals surface area contributed by atoms with Crippen molar-refractivity contribution in [3.05, 3.63) is 59.5 Å². The van der Waals surface area contributed by atoms with Crippen molar-refractivity contribution in [1.82, 2.24) is 14.7 Å². The summed E-state index contributed by atoms with van der Waals surface area (Å²) in [5, 5.41) is 13.0. The van der Waals surface area contributed by atoms with Crippen LogP contribution in [0.5, 0.6) is 11.5 Å². The Kier molecular flexibility index (Phi) is 3.37. The van der Waals surface area contributed by atoms with Gasteiger partial charge in [-0.3, -0.25) is 4.79 Å². The van der Waals surface area contributed by atoms with Crippen LogP contribution in [0.25, 0.3) is 5.65 Å². The van der Waals surface area contributed by atoms with Crippen molar-refractivity contribution >= 4 is 11.6 Å². The number of imidazole rings is 1. The van der Waals surface area contributed by atoms with E-state index in [1.54, 1.807) is 12.1 Å². The number of phenols is 1. The Morgan fingerprint density at radius 3 is 3.00 bits per heavy atom. The molecule has 2 N–H and O–H groups in total. The molecule has 0 spiro atoms. The predicted molar refractivity (Wildman–Crippen MR) is 88.2 cm³/mol. The second-order valence-corrected chi connectivity index (χ2v) is 5.84. The Hall–Kier alpha value is -3.02. The molecule has 0 saturated carbocycles. The van der Waals surface area contributed by atoms with Crippen molar-refractivity contribution in [2.24, 2.45) is 0 Å². The first-order valence-electron chi connectivity index (χ1n) is 7.77. The molecule has 1 aliphatic heterocycles. The molecule has 4 rings (SSSR count). The fourth-order valence-electron chi connectivity index (χ4n) is 3.30. The lowest BCUT2D eigenvalue weighted by atomic mass is 9.91. The van der Waals surface area contributed by atoms with E-state index in [-0.39, 0.29) is 17.6 Å². The van der Waals surface area contributed by atoms with Crippen LogP contribution in [0.3, 0.4) is 0 Å². The average Bonchev–Trinajstić information content (AvgIpc) is 2.87. The third-order valence-corrected chi connectivity index (χ3v) is 4.42. The number of pyridine rings is 1. The number of nitrogens with one attached hydrogen (secondary N) is 1. The Labute approximate surface area is 138 Å². The zero-order valence-corrected chi connectivity index (χ0v) is 13.2.